The summed E-state index contributed by atoms with van der Waals surface area (Å²) in [6.07, 6.45) is 2.18. The maximum absolute atomic E-state index is 12.9. The molecule has 0 bridgehead atoms. The largest absolute Gasteiger partial charge is 0.489 e. The second kappa shape index (κ2) is 8.80. The van der Waals surface area contributed by atoms with Crippen LogP contribution in [0, 0.1) is 5.82 Å². The van der Waals surface area contributed by atoms with Crippen LogP contribution in [0.5, 0.6) is 5.75 Å². The molecule has 0 radical (unpaired) electrons. The van der Waals surface area contributed by atoms with Gasteiger partial charge in [0.1, 0.15) is 28.3 Å². The third kappa shape index (κ3) is 4.86. The molecule has 1 atom stereocenters. The van der Waals surface area contributed by atoms with Gasteiger partial charge in [-0.25, -0.2) is 4.39 Å². The number of hydrogen-bond acceptors (Lipinski definition) is 5. The topological polar surface area (TPSA) is 42.7 Å². The number of halogens is 1. The Morgan fingerprint density at radius 2 is 1.79 bits per heavy atom. The monoisotopic (exact) mass is 427 g/mol. The molecule has 1 saturated heterocycles. The molecule has 29 heavy (non-hydrogen) atoms. The average Bonchev–Trinajstić information content (AvgIpc) is 3.33. The molecule has 2 aromatic carbocycles. The van der Waals surface area contributed by atoms with E-state index in [1.54, 1.807) is 29.4 Å². The molecular formula is C22H18FNO3S2. The van der Waals surface area contributed by atoms with Crippen molar-refractivity contribution in [2.75, 3.05) is 0 Å². The Balaban J connectivity index is 1.33. The molecule has 0 spiro atoms. The molecule has 0 saturated carbocycles. The predicted molar refractivity (Wildman–Crippen MR) is 114 cm³/mol. The van der Waals surface area contributed by atoms with Crippen LogP contribution < -0.4 is 4.74 Å². The van der Waals surface area contributed by atoms with E-state index in [2.05, 4.69) is 0 Å². The number of amides is 1. The fourth-order valence-corrected chi connectivity index (χ4v) is 4.54. The Labute approximate surface area is 177 Å². The van der Waals surface area contributed by atoms with Gasteiger partial charge in [0.05, 0.1) is 18.1 Å². The van der Waals surface area contributed by atoms with Gasteiger partial charge in [0.25, 0.3) is 0 Å². The van der Waals surface area contributed by atoms with Crippen molar-refractivity contribution >= 4 is 34.2 Å². The number of rotatable bonds is 7. The minimum absolute atomic E-state index is 0.00744. The number of benzene rings is 2. The Bertz CT molecular complexity index is 988. The molecule has 1 fully saturated rings. The molecule has 0 unspecified atom stereocenters. The summed E-state index contributed by atoms with van der Waals surface area (Å²) < 4.78 is 24.6. The van der Waals surface area contributed by atoms with Crippen LogP contribution >= 0.6 is 24.0 Å². The van der Waals surface area contributed by atoms with Gasteiger partial charge in [-0.05, 0) is 53.9 Å². The van der Waals surface area contributed by atoms with E-state index < -0.39 is 0 Å². The Hall–Kier alpha value is -2.64. The quantitative estimate of drug-likeness (QED) is 0.498. The molecule has 2 heterocycles. The maximum atomic E-state index is 12.9. The molecule has 4 nitrogen and oxygen atoms in total. The highest BCUT2D eigenvalue weighted by Gasteiger charge is 2.37. The van der Waals surface area contributed by atoms with Gasteiger partial charge in [0.15, 0.2) is 0 Å². The van der Waals surface area contributed by atoms with Crippen LogP contribution in [0.3, 0.4) is 0 Å². The minimum atomic E-state index is -0.264. The fourth-order valence-electron chi connectivity index (χ4n) is 3.01. The number of furan rings is 1. The average molecular weight is 428 g/mol. The molecule has 1 aliphatic heterocycles. The zero-order valence-corrected chi connectivity index (χ0v) is 17.0. The predicted octanol–water partition coefficient (Wildman–Crippen LogP) is 4.97. The molecular weight excluding hydrogens is 409 g/mol. The maximum Gasteiger partial charge on any atom is 0.242 e. The summed E-state index contributed by atoms with van der Waals surface area (Å²) in [5, 5.41) is -0.233. The first-order valence-corrected chi connectivity index (χ1v) is 10.4. The van der Waals surface area contributed by atoms with Crippen molar-refractivity contribution in [2.45, 2.75) is 24.8 Å². The molecule has 148 valence electrons. The molecule has 1 amide bonds. The van der Waals surface area contributed by atoms with Crippen molar-refractivity contribution in [3.8, 4) is 5.75 Å². The molecule has 0 aliphatic carbocycles. The van der Waals surface area contributed by atoms with Crippen LogP contribution in [-0.4, -0.2) is 20.4 Å². The number of hydrogen-bond donors (Lipinski definition) is 0. The third-order valence-electron chi connectivity index (χ3n) is 4.56. The lowest BCUT2D eigenvalue weighted by Crippen LogP contribution is -2.31. The van der Waals surface area contributed by atoms with Gasteiger partial charge in [-0.15, -0.1) is 0 Å². The highest BCUT2D eigenvalue weighted by molar-refractivity contribution is 8.24. The summed E-state index contributed by atoms with van der Waals surface area (Å²) in [5.74, 6) is 1.18. The summed E-state index contributed by atoms with van der Waals surface area (Å²) in [5.41, 5.74) is 1.93. The number of thiocarbonyl (C=S) groups is 1. The number of nitrogens with zero attached hydrogens (tertiary/aromatic N) is 1. The van der Waals surface area contributed by atoms with E-state index >= 15 is 0 Å². The van der Waals surface area contributed by atoms with E-state index in [0.717, 1.165) is 16.9 Å². The normalized spacial score (nSPS) is 16.4. The summed E-state index contributed by atoms with van der Waals surface area (Å²) in [6.45, 7) is 0.733. The lowest BCUT2D eigenvalue weighted by Gasteiger charge is -2.14. The van der Waals surface area contributed by atoms with Crippen LogP contribution in [0.2, 0.25) is 0 Å². The van der Waals surface area contributed by atoms with Gasteiger partial charge < -0.3 is 9.15 Å². The molecule has 7 heteroatoms. The van der Waals surface area contributed by atoms with Crippen molar-refractivity contribution < 1.29 is 18.3 Å². The van der Waals surface area contributed by atoms with Gasteiger partial charge in [-0.2, -0.15) is 0 Å². The lowest BCUT2D eigenvalue weighted by atomic mass is 10.1. The second-order valence-electron chi connectivity index (χ2n) is 6.64. The zero-order chi connectivity index (χ0) is 20.2. The highest BCUT2D eigenvalue weighted by Crippen LogP contribution is 2.31. The number of carbonyl (C=O) groups is 1. The van der Waals surface area contributed by atoms with Crippen molar-refractivity contribution in [3.05, 3.63) is 89.6 Å². The molecule has 0 N–H and O–H groups in total. The van der Waals surface area contributed by atoms with Crippen molar-refractivity contribution in [1.82, 2.24) is 4.90 Å². The Morgan fingerprint density at radius 1 is 1.07 bits per heavy atom. The Kier molecular flexibility index (Phi) is 5.97. The van der Waals surface area contributed by atoms with E-state index in [1.165, 1.54) is 23.9 Å². The molecule has 1 aliphatic rings. The first-order chi connectivity index (χ1) is 14.1. The van der Waals surface area contributed by atoms with Crippen molar-refractivity contribution in [1.29, 1.82) is 0 Å². The standard InChI is InChI=1S/C22H18FNO3S2/c23-17-7-3-16(4-8-17)14-27-18-9-5-15(6-10-18)12-20-21(25)24(22(28)29-20)13-19-2-1-11-26-19/h1-11,20H,12-14H2/t20-/m0/s1. The van der Waals surface area contributed by atoms with Crippen molar-refractivity contribution in [2.24, 2.45) is 0 Å². The summed E-state index contributed by atoms with van der Waals surface area (Å²) >= 11 is 6.79. The molecule has 4 rings (SSSR count). The smallest absolute Gasteiger partial charge is 0.242 e. The number of carbonyl (C=O) groups excluding carboxylic acids is 1. The minimum Gasteiger partial charge on any atom is -0.489 e. The van der Waals surface area contributed by atoms with Crippen LogP contribution in [-0.2, 0) is 24.4 Å². The number of ether oxygens (including phenoxy) is 1. The summed E-state index contributed by atoms with van der Waals surface area (Å²) in [7, 11) is 0. The van der Waals surface area contributed by atoms with Crippen LogP contribution in [0.25, 0.3) is 0 Å². The summed E-state index contributed by atoms with van der Waals surface area (Å²) in [6, 6.07) is 17.5. The first-order valence-electron chi connectivity index (χ1n) is 9.09. The van der Waals surface area contributed by atoms with Gasteiger partial charge >= 0.3 is 0 Å². The third-order valence-corrected chi connectivity index (χ3v) is 6.15. The lowest BCUT2D eigenvalue weighted by molar-refractivity contribution is -0.126. The molecule has 1 aromatic heterocycles. The van der Waals surface area contributed by atoms with E-state index in [4.69, 9.17) is 21.4 Å². The van der Waals surface area contributed by atoms with Crippen LogP contribution in [0.1, 0.15) is 16.9 Å². The van der Waals surface area contributed by atoms with E-state index in [1.807, 2.05) is 30.3 Å². The summed E-state index contributed by atoms with van der Waals surface area (Å²) in [4.78, 5) is 14.3. The second-order valence-corrected chi connectivity index (χ2v) is 8.48. The van der Waals surface area contributed by atoms with Crippen molar-refractivity contribution in [3.63, 3.8) is 0 Å². The Morgan fingerprint density at radius 3 is 2.48 bits per heavy atom. The van der Waals surface area contributed by atoms with Gasteiger partial charge in [0, 0.05) is 0 Å². The number of thioether (sulfide) groups is 1. The van der Waals surface area contributed by atoms with Gasteiger partial charge in [-0.3, -0.25) is 9.69 Å². The van der Waals surface area contributed by atoms with E-state index in [0.29, 0.717) is 29.7 Å². The van der Waals surface area contributed by atoms with Crippen LogP contribution in [0.15, 0.2) is 71.3 Å². The van der Waals surface area contributed by atoms with E-state index in [9.17, 15) is 9.18 Å². The van der Waals surface area contributed by atoms with Gasteiger partial charge in [0.2, 0.25) is 5.91 Å². The molecule has 3 aromatic rings. The first kappa shape index (κ1) is 19.7. The zero-order valence-electron chi connectivity index (χ0n) is 15.4. The fraction of sp³-hybridized carbons (Fsp3) is 0.182. The van der Waals surface area contributed by atoms with Crippen LogP contribution in [0.4, 0.5) is 4.39 Å². The highest BCUT2D eigenvalue weighted by atomic mass is 32.2. The van der Waals surface area contributed by atoms with Gasteiger partial charge in [-0.1, -0.05) is 48.2 Å². The van der Waals surface area contributed by atoms with E-state index in [-0.39, 0.29) is 17.0 Å². The SMILES string of the molecule is O=C1[C@H](Cc2ccc(OCc3ccc(F)cc3)cc2)SC(=S)N1Cc1ccco1.